The number of carbonyl (C=O) groups excluding carboxylic acids is 1. The number of benzene rings is 1. The zero-order valence-corrected chi connectivity index (χ0v) is 11.6. The first kappa shape index (κ1) is 15.0. The molecule has 3 atom stereocenters. The molecule has 0 aromatic heterocycles. The van der Waals surface area contributed by atoms with E-state index in [1.165, 1.54) is 4.90 Å². The second-order valence-corrected chi connectivity index (χ2v) is 5.31. The largest absolute Gasteiger partial charge is 0.371 e. The van der Waals surface area contributed by atoms with E-state index in [4.69, 9.17) is 11.5 Å². The van der Waals surface area contributed by atoms with Gasteiger partial charge in [-0.1, -0.05) is 36.8 Å². The van der Waals surface area contributed by atoms with E-state index in [9.17, 15) is 9.90 Å². The van der Waals surface area contributed by atoms with Gasteiger partial charge in [-0.05, 0) is 31.4 Å². The molecular weight excluding hydrogens is 254 g/mol. The molecule has 1 aliphatic rings. The summed E-state index contributed by atoms with van der Waals surface area (Å²) in [6.45, 7) is 0.615. The number of nitrogens with zero attached hydrogens (tertiary/aromatic N) is 1. The number of aliphatic hydroxyl groups excluding tert-OH is 1. The van der Waals surface area contributed by atoms with E-state index in [0.717, 1.165) is 18.4 Å². The lowest BCUT2D eigenvalue weighted by atomic mass is 10.1. The van der Waals surface area contributed by atoms with Gasteiger partial charge in [0.05, 0.1) is 12.1 Å². The lowest BCUT2D eigenvalue weighted by Crippen LogP contribution is -2.37. The molecule has 2 rings (SSSR count). The second kappa shape index (κ2) is 6.83. The van der Waals surface area contributed by atoms with Crippen molar-refractivity contribution in [3.8, 4) is 0 Å². The fraction of sp³-hybridized carbons (Fsp3) is 0.533. The highest BCUT2D eigenvalue weighted by Crippen LogP contribution is 2.30. The number of amides is 1. The van der Waals surface area contributed by atoms with Crippen LogP contribution in [0.1, 0.15) is 24.8 Å². The molecule has 1 amide bonds. The van der Waals surface area contributed by atoms with Crippen LogP contribution in [-0.2, 0) is 11.2 Å². The maximum absolute atomic E-state index is 12.1. The second-order valence-electron chi connectivity index (χ2n) is 5.31. The maximum Gasteiger partial charge on any atom is 0.241 e. The highest BCUT2D eigenvalue weighted by molar-refractivity contribution is 5.84. The Morgan fingerprint density at radius 3 is 2.65 bits per heavy atom. The quantitative estimate of drug-likeness (QED) is 0.491. The van der Waals surface area contributed by atoms with E-state index < -0.39 is 12.3 Å². The molecule has 0 spiro atoms. The molecule has 1 fully saturated rings. The number of aliphatic hydroxyl groups is 1. The number of hydrogen-bond donors (Lipinski definition) is 3. The van der Waals surface area contributed by atoms with Gasteiger partial charge in [0.25, 0.3) is 0 Å². The monoisotopic (exact) mass is 277 g/mol. The van der Waals surface area contributed by atoms with E-state index in [1.807, 2.05) is 30.3 Å². The van der Waals surface area contributed by atoms with Gasteiger partial charge >= 0.3 is 0 Å². The average Bonchev–Trinajstić information content (AvgIpc) is 3.09. The molecule has 1 saturated heterocycles. The molecular formula is C15H23N3O2. The van der Waals surface area contributed by atoms with Gasteiger partial charge < -0.3 is 21.5 Å². The van der Waals surface area contributed by atoms with Crippen LogP contribution < -0.4 is 11.5 Å². The minimum atomic E-state index is -0.691. The number of rotatable bonds is 7. The van der Waals surface area contributed by atoms with Gasteiger partial charge in [0.15, 0.2) is 6.23 Å². The van der Waals surface area contributed by atoms with Crippen molar-refractivity contribution >= 4 is 5.91 Å². The molecule has 110 valence electrons. The summed E-state index contributed by atoms with van der Waals surface area (Å²) in [6, 6.07) is 9.18. The highest BCUT2D eigenvalue weighted by Gasteiger charge is 2.50. The summed E-state index contributed by atoms with van der Waals surface area (Å²) in [6.07, 6.45) is 2.32. The zero-order chi connectivity index (χ0) is 14.5. The third-order valence-corrected chi connectivity index (χ3v) is 3.73. The summed E-state index contributed by atoms with van der Waals surface area (Å²) < 4.78 is 0. The molecule has 5 N–H and O–H groups in total. The highest BCUT2D eigenvalue weighted by atomic mass is 16.3. The van der Waals surface area contributed by atoms with Crippen molar-refractivity contribution in [1.29, 1.82) is 0 Å². The molecule has 0 aliphatic carbocycles. The normalized spacial score (nSPS) is 22.6. The average molecular weight is 277 g/mol. The van der Waals surface area contributed by atoms with Crippen molar-refractivity contribution in [2.24, 2.45) is 11.5 Å². The van der Waals surface area contributed by atoms with Crippen molar-refractivity contribution in [2.45, 2.75) is 44.0 Å². The Bertz CT molecular complexity index is 438. The Kier molecular flexibility index (Phi) is 5.11. The third-order valence-electron chi connectivity index (χ3n) is 3.73. The summed E-state index contributed by atoms with van der Waals surface area (Å²) in [7, 11) is 0. The van der Waals surface area contributed by atoms with Crippen LogP contribution in [0.5, 0.6) is 0 Å². The Hall–Kier alpha value is -1.43. The fourth-order valence-electron chi connectivity index (χ4n) is 2.44. The summed E-state index contributed by atoms with van der Waals surface area (Å²) in [5, 5.41) is 9.87. The van der Waals surface area contributed by atoms with Gasteiger partial charge in [0, 0.05) is 0 Å². The van der Waals surface area contributed by atoms with Crippen LogP contribution in [0.3, 0.4) is 0 Å². The Morgan fingerprint density at radius 1 is 1.30 bits per heavy atom. The summed E-state index contributed by atoms with van der Waals surface area (Å²) in [4.78, 5) is 13.6. The Balaban J connectivity index is 1.83. The fourth-order valence-corrected chi connectivity index (χ4v) is 2.44. The number of nitrogens with two attached hydrogens (primary N) is 2. The standard InChI is InChI=1S/C15H23N3O2/c16-9-5-4-8-12(17)14(19)18-13(15(18)20)10-11-6-2-1-3-7-11/h1-3,6-7,12-13,15,20H,4-5,8-10,16-17H2/t12-,13+,15+,18?/m0/s1. The topological polar surface area (TPSA) is 92.4 Å². The molecule has 1 aliphatic heterocycles. The van der Waals surface area contributed by atoms with Crippen LogP contribution in [0.2, 0.25) is 0 Å². The first-order valence-electron chi connectivity index (χ1n) is 7.15. The molecule has 0 radical (unpaired) electrons. The first-order valence-corrected chi connectivity index (χ1v) is 7.15. The summed E-state index contributed by atoms with van der Waals surface area (Å²) >= 11 is 0. The molecule has 0 unspecified atom stereocenters. The molecule has 5 heteroatoms. The van der Waals surface area contributed by atoms with Crippen molar-refractivity contribution in [3.63, 3.8) is 0 Å². The van der Waals surface area contributed by atoms with Gasteiger partial charge in [-0.25, -0.2) is 0 Å². The number of hydrogen-bond acceptors (Lipinski definition) is 4. The molecule has 5 nitrogen and oxygen atoms in total. The van der Waals surface area contributed by atoms with Crippen molar-refractivity contribution in [2.75, 3.05) is 6.54 Å². The minimum absolute atomic E-state index is 0.134. The Morgan fingerprint density at radius 2 is 2.00 bits per heavy atom. The predicted octanol–water partition coefficient (Wildman–Crippen LogP) is 0.215. The minimum Gasteiger partial charge on any atom is -0.371 e. The maximum atomic E-state index is 12.1. The summed E-state index contributed by atoms with van der Waals surface area (Å²) in [5.74, 6) is -0.157. The smallest absolute Gasteiger partial charge is 0.241 e. The van der Waals surface area contributed by atoms with Crippen LogP contribution in [0.4, 0.5) is 0 Å². The van der Waals surface area contributed by atoms with Crippen molar-refractivity contribution in [3.05, 3.63) is 35.9 Å². The van der Waals surface area contributed by atoms with Crippen molar-refractivity contribution in [1.82, 2.24) is 4.90 Å². The van der Waals surface area contributed by atoms with E-state index in [2.05, 4.69) is 0 Å². The predicted molar refractivity (Wildman–Crippen MR) is 77.7 cm³/mol. The molecule has 1 aromatic rings. The van der Waals surface area contributed by atoms with Crippen LogP contribution in [0.25, 0.3) is 0 Å². The molecule has 0 saturated carbocycles. The first-order chi connectivity index (χ1) is 9.65. The van der Waals surface area contributed by atoms with E-state index in [0.29, 0.717) is 19.4 Å². The number of carbonyl (C=O) groups is 1. The molecule has 20 heavy (non-hydrogen) atoms. The molecule has 1 heterocycles. The van der Waals surface area contributed by atoms with Crippen LogP contribution in [-0.4, -0.2) is 40.8 Å². The zero-order valence-electron chi connectivity index (χ0n) is 11.6. The van der Waals surface area contributed by atoms with E-state index in [1.54, 1.807) is 0 Å². The lowest BCUT2D eigenvalue weighted by Gasteiger charge is -2.11. The van der Waals surface area contributed by atoms with Gasteiger partial charge in [-0.3, -0.25) is 4.79 Å². The van der Waals surface area contributed by atoms with Crippen LogP contribution in [0.15, 0.2) is 30.3 Å². The Labute approximate surface area is 119 Å². The van der Waals surface area contributed by atoms with Gasteiger partial charge in [0.1, 0.15) is 0 Å². The lowest BCUT2D eigenvalue weighted by molar-refractivity contribution is -0.129. The van der Waals surface area contributed by atoms with Gasteiger partial charge in [-0.2, -0.15) is 0 Å². The summed E-state index contributed by atoms with van der Waals surface area (Å²) in [5.41, 5.74) is 12.4. The molecule has 0 bridgehead atoms. The van der Waals surface area contributed by atoms with Crippen LogP contribution in [0, 0.1) is 0 Å². The number of unbranched alkanes of at least 4 members (excludes halogenated alkanes) is 1. The van der Waals surface area contributed by atoms with E-state index >= 15 is 0 Å². The third kappa shape index (κ3) is 3.56. The SMILES string of the molecule is NCCCC[C@H](N)C(=O)N1[C@H](O)[C@H]1Cc1ccccc1. The van der Waals surface area contributed by atoms with Crippen molar-refractivity contribution < 1.29 is 9.90 Å². The molecule has 1 aromatic carbocycles. The van der Waals surface area contributed by atoms with E-state index in [-0.39, 0.29) is 11.9 Å². The van der Waals surface area contributed by atoms with Gasteiger partial charge in [-0.15, -0.1) is 0 Å². The van der Waals surface area contributed by atoms with Crippen LogP contribution >= 0.6 is 0 Å². The van der Waals surface area contributed by atoms with Gasteiger partial charge in [0.2, 0.25) is 5.91 Å².